The van der Waals surface area contributed by atoms with Crippen molar-refractivity contribution in [3.05, 3.63) is 16.3 Å². The van der Waals surface area contributed by atoms with E-state index in [9.17, 15) is 9.18 Å². The number of ether oxygens (including phenoxy) is 1. The van der Waals surface area contributed by atoms with E-state index in [0.29, 0.717) is 6.61 Å². The monoisotopic (exact) mass is 361 g/mol. The smallest absolute Gasteiger partial charge is 0.311 e. The molecule has 0 radical (unpaired) electrons. The van der Waals surface area contributed by atoms with Crippen LogP contribution in [0, 0.1) is 23.6 Å². The summed E-state index contributed by atoms with van der Waals surface area (Å²) in [7, 11) is 0. The quantitative estimate of drug-likeness (QED) is 0.503. The molecule has 0 spiro atoms. The molecule has 2 bridgehead atoms. The molecule has 3 aliphatic carbocycles. The van der Waals surface area contributed by atoms with Gasteiger partial charge in [-0.25, -0.2) is 4.98 Å². The van der Waals surface area contributed by atoms with E-state index in [-0.39, 0.29) is 46.0 Å². The zero-order chi connectivity index (χ0) is 16.6. The average Bonchev–Trinajstić information content (AvgIpc) is 2.53. The van der Waals surface area contributed by atoms with E-state index >= 15 is 0 Å². The van der Waals surface area contributed by atoms with Crippen molar-refractivity contribution in [1.82, 2.24) is 9.97 Å². The van der Waals surface area contributed by atoms with Crippen LogP contribution in [0.4, 0.5) is 10.2 Å². The first kappa shape index (κ1) is 16.7. The number of halogens is 3. The largest absolute Gasteiger partial charge is 0.466 e. The predicted molar refractivity (Wildman–Crippen MR) is 85.0 cm³/mol. The van der Waals surface area contributed by atoms with E-state index in [2.05, 4.69) is 15.3 Å². The summed E-state index contributed by atoms with van der Waals surface area (Å²) in [6.45, 7) is 2.12. The Bertz CT molecular complexity index is 609. The summed E-state index contributed by atoms with van der Waals surface area (Å²) >= 11 is 11.5. The van der Waals surface area contributed by atoms with Crippen molar-refractivity contribution in [3.63, 3.8) is 0 Å². The maximum Gasteiger partial charge on any atom is 0.311 e. The first-order chi connectivity index (χ1) is 11.0. The molecule has 5 nitrogen and oxygen atoms in total. The van der Waals surface area contributed by atoms with Gasteiger partial charge in [-0.15, -0.1) is 0 Å². The molecule has 2 atom stereocenters. The van der Waals surface area contributed by atoms with E-state index < -0.39 is 5.82 Å². The first-order valence-electron chi connectivity index (χ1n) is 7.83. The van der Waals surface area contributed by atoms with Gasteiger partial charge in [0.2, 0.25) is 11.1 Å². The number of hydrogen-bond acceptors (Lipinski definition) is 5. The highest BCUT2D eigenvalue weighted by Crippen LogP contribution is 2.46. The zero-order valence-electron chi connectivity index (χ0n) is 12.7. The first-order valence-corrected chi connectivity index (χ1v) is 8.58. The summed E-state index contributed by atoms with van der Waals surface area (Å²) in [5, 5.41) is 2.59. The molecule has 3 saturated carbocycles. The number of rotatable bonds is 4. The second-order valence-corrected chi connectivity index (χ2v) is 6.76. The third-order valence-corrected chi connectivity index (χ3v) is 5.28. The number of aromatic nitrogens is 2. The van der Waals surface area contributed by atoms with E-state index in [1.165, 1.54) is 0 Å². The van der Waals surface area contributed by atoms with Crippen LogP contribution in [0.2, 0.25) is 10.4 Å². The number of nitrogens with one attached hydrogen (secondary N) is 1. The topological polar surface area (TPSA) is 64.1 Å². The molecule has 1 N–H and O–H groups in total. The Morgan fingerprint density at radius 2 is 1.91 bits per heavy atom. The average molecular weight is 362 g/mol. The molecule has 1 aromatic rings. The zero-order valence-corrected chi connectivity index (χ0v) is 14.2. The normalized spacial score (nSPS) is 29.4. The number of carbonyl (C=O) groups excluding carboxylic acids is 1. The third-order valence-electron chi connectivity index (χ3n) is 4.86. The number of anilines is 1. The van der Waals surface area contributed by atoms with Crippen LogP contribution in [-0.2, 0) is 9.53 Å². The summed E-state index contributed by atoms with van der Waals surface area (Å²) in [5.41, 5.74) is 0. The molecule has 1 heterocycles. The summed E-state index contributed by atoms with van der Waals surface area (Å²) in [4.78, 5) is 19.8. The lowest BCUT2D eigenvalue weighted by molar-refractivity contribution is -0.154. The van der Waals surface area contributed by atoms with Crippen molar-refractivity contribution in [2.75, 3.05) is 11.9 Å². The summed E-state index contributed by atoms with van der Waals surface area (Å²) < 4.78 is 19.4. The molecule has 0 saturated heterocycles. The highest BCUT2D eigenvalue weighted by Gasteiger charge is 2.48. The fraction of sp³-hybridized carbons (Fsp3) is 0.667. The number of esters is 1. The third kappa shape index (κ3) is 3.24. The van der Waals surface area contributed by atoms with Crippen molar-refractivity contribution >= 4 is 35.0 Å². The number of carbonyl (C=O) groups is 1. The molecule has 3 aliphatic rings. The Labute approximate surface area is 143 Å². The number of fused-ring (bicyclic) bond motifs is 3. The van der Waals surface area contributed by atoms with Crippen molar-refractivity contribution in [1.29, 1.82) is 0 Å². The van der Waals surface area contributed by atoms with Gasteiger partial charge in [-0.1, -0.05) is 11.6 Å². The summed E-state index contributed by atoms with van der Waals surface area (Å²) in [5.74, 6) is -0.795. The highest BCUT2D eigenvalue weighted by atomic mass is 35.5. The van der Waals surface area contributed by atoms with Crippen LogP contribution in [-0.4, -0.2) is 28.6 Å². The lowest BCUT2D eigenvalue weighted by atomic mass is 9.61. The van der Waals surface area contributed by atoms with Crippen LogP contribution >= 0.6 is 23.2 Å². The Morgan fingerprint density at radius 3 is 2.57 bits per heavy atom. The molecular formula is C15H18Cl2FN3O2. The molecule has 8 heteroatoms. The minimum atomic E-state index is -0.750. The van der Waals surface area contributed by atoms with Gasteiger partial charge in [0.05, 0.1) is 12.5 Å². The van der Waals surface area contributed by atoms with E-state index in [1.54, 1.807) is 6.92 Å². The van der Waals surface area contributed by atoms with Gasteiger partial charge in [0.1, 0.15) is 0 Å². The van der Waals surface area contributed by atoms with Crippen molar-refractivity contribution < 1.29 is 13.9 Å². The minimum absolute atomic E-state index is 0.0538. The van der Waals surface area contributed by atoms with Gasteiger partial charge in [-0.2, -0.15) is 9.37 Å². The molecule has 126 valence electrons. The van der Waals surface area contributed by atoms with E-state index in [1.807, 2.05) is 0 Å². The molecule has 0 aromatic carbocycles. The van der Waals surface area contributed by atoms with Gasteiger partial charge in [-0.05, 0) is 56.0 Å². The fourth-order valence-corrected chi connectivity index (χ4v) is 4.26. The van der Waals surface area contributed by atoms with Crippen LogP contribution in [0.25, 0.3) is 0 Å². The fourth-order valence-electron chi connectivity index (χ4n) is 3.88. The molecule has 3 fully saturated rings. The lowest BCUT2D eigenvalue weighted by Crippen LogP contribution is -2.52. The van der Waals surface area contributed by atoms with Crippen molar-refractivity contribution in [2.24, 2.45) is 17.8 Å². The second-order valence-electron chi connectivity index (χ2n) is 6.07. The van der Waals surface area contributed by atoms with Gasteiger partial charge in [0.15, 0.2) is 11.0 Å². The van der Waals surface area contributed by atoms with Crippen LogP contribution in [0.1, 0.15) is 32.6 Å². The lowest BCUT2D eigenvalue weighted by Gasteiger charge is -2.47. The maximum absolute atomic E-state index is 14.2. The van der Waals surface area contributed by atoms with Crippen LogP contribution in [0.3, 0.4) is 0 Å². The van der Waals surface area contributed by atoms with E-state index in [0.717, 1.165) is 25.7 Å². The highest BCUT2D eigenvalue weighted by molar-refractivity contribution is 6.32. The van der Waals surface area contributed by atoms with Crippen LogP contribution in [0.5, 0.6) is 0 Å². The molecule has 0 amide bonds. The Morgan fingerprint density at radius 1 is 1.26 bits per heavy atom. The molecule has 4 rings (SSSR count). The Balaban J connectivity index is 1.88. The Hall–Kier alpha value is -1.14. The van der Waals surface area contributed by atoms with Crippen LogP contribution < -0.4 is 5.32 Å². The summed E-state index contributed by atoms with van der Waals surface area (Å²) in [6.07, 6.45) is 4.01. The van der Waals surface area contributed by atoms with Crippen LogP contribution in [0.15, 0.2) is 0 Å². The number of hydrogen-bond donors (Lipinski definition) is 1. The summed E-state index contributed by atoms with van der Waals surface area (Å²) in [6, 6.07) is -0.224. The minimum Gasteiger partial charge on any atom is -0.466 e. The van der Waals surface area contributed by atoms with Gasteiger partial charge < -0.3 is 10.1 Å². The van der Waals surface area contributed by atoms with Gasteiger partial charge in [0, 0.05) is 6.04 Å². The molecule has 0 aliphatic heterocycles. The molecule has 1 unspecified atom stereocenters. The number of nitrogens with zero attached hydrogens (tertiary/aromatic N) is 2. The molecule has 1 aromatic heterocycles. The maximum atomic E-state index is 14.2. The standard InChI is InChI=1S/C15H18Cl2FN3O2/c1-2-23-14(22)9-7-3-5-8(6-4-7)11(9)19-13-10(18)12(16)20-15(17)21-13/h7-9,11H,2-6H2,1H3,(H,19,20,21)/t7?,8?,9-,11?/m0/s1. The molecular weight excluding hydrogens is 344 g/mol. The predicted octanol–water partition coefficient (Wildman–Crippen LogP) is 3.70. The molecule has 23 heavy (non-hydrogen) atoms. The SMILES string of the molecule is CCOC(=O)[C@H]1C2CCC(CC2)C1Nc1nc(Cl)nc(Cl)c1F. The van der Waals surface area contributed by atoms with E-state index in [4.69, 9.17) is 27.9 Å². The van der Waals surface area contributed by atoms with Gasteiger partial charge >= 0.3 is 5.97 Å². The van der Waals surface area contributed by atoms with Crippen molar-refractivity contribution in [2.45, 2.75) is 38.6 Å². The Kier molecular flexibility index (Phi) is 4.92. The van der Waals surface area contributed by atoms with Crippen molar-refractivity contribution in [3.8, 4) is 0 Å². The van der Waals surface area contributed by atoms with Gasteiger partial charge in [0.25, 0.3) is 0 Å². The second kappa shape index (κ2) is 6.77. The van der Waals surface area contributed by atoms with Gasteiger partial charge in [-0.3, -0.25) is 4.79 Å².